The van der Waals surface area contributed by atoms with Gasteiger partial charge in [-0.2, -0.15) is 0 Å². The summed E-state index contributed by atoms with van der Waals surface area (Å²) in [5, 5.41) is 2.98. The summed E-state index contributed by atoms with van der Waals surface area (Å²) in [4.78, 5) is 24.1. The van der Waals surface area contributed by atoms with Gasteiger partial charge in [0.15, 0.2) is 5.82 Å². The Hall–Kier alpha value is -3.99. The molecule has 1 N–H and O–H groups in total. The Balaban J connectivity index is 1.69. The fourth-order valence-electron chi connectivity index (χ4n) is 3.16. The van der Waals surface area contributed by atoms with Crippen molar-refractivity contribution in [1.29, 1.82) is 0 Å². The first-order valence-electron chi connectivity index (χ1n) is 9.76. The van der Waals surface area contributed by atoms with Crippen LogP contribution in [-0.2, 0) is 6.54 Å². The highest BCUT2D eigenvalue weighted by Gasteiger charge is 2.19. The van der Waals surface area contributed by atoms with E-state index in [-0.39, 0.29) is 5.91 Å². The van der Waals surface area contributed by atoms with E-state index in [9.17, 15) is 4.79 Å². The van der Waals surface area contributed by atoms with E-state index in [0.717, 1.165) is 16.8 Å². The van der Waals surface area contributed by atoms with Crippen LogP contribution in [0.4, 0.5) is 11.5 Å². The zero-order valence-electron chi connectivity index (χ0n) is 16.7. The molecule has 4 aromatic rings. The molecule has 0 aliphatic heterocycles. The molecule has 0 aliphatic carbocycles. The number of carbonyl (C=O) groups excluding carboxylic acids is 1. The SMILES string of the molecule is CN(c1ccccc1)c1nc(-c2ccccc2)ncc1C(=O)NCc1ccccc1. The van der Waals surface area contributed by atoms with Gasteiger partial charge in [-0.15, -0.1) is 0 Å². The predicted molar refractivity (Wildman–Crippen MR) is 120 cm³/mol. The van der Waals surface area contributed by atoms with E-state index in [1.807, 2.05) is 103 Å². The lowest BCUT2D eigenvalue weighted by atomic mass is 10.2. The maximum atomic E-state index is 13.0. The van der Waals surface area contributed by atoms with E-state index in [1.165, 1.54) is 0 Å². The molecular weight excluding hydrogens is 372 g/mol. The lowest BCUT2D eigenvalue weighted by Crippen LogP contribution is -2.26. The monoisotopic (exact) mass is 394 g/mol. The van der Waals surface area contributed by atoms with E-state index < -0.39 is 0 Å². The van der Waals surface area contributed by atoms with Crippen molar-refractivity contribution in [3.8, 4) is 11.4 Å². The van der Waals surface area contributed by atoms with Crippen LogP contribution in [0, 0.1) is 0 Å². The third-order valence-electron chi connectivity index (χ3n) is 4.80. The highest BCUT2D eigenvalue weighted by molar-refractivity contribution is 5.99. The summed E-state index contributed by atoms with van der Waals surface area (Å²) >= 11 is 0. The predicted octanol–water partition coefficient (Wildman–Crippen LogP) is 4.84. The first-order valence-corrected chi connectivity index (χ1v) is 9.76. The second-order valence-electron chi connectivity index (χ2n) is 6.86. The van der Waals surface area contributed by atoms with E-state index >= 15 is 0 Å². The van der Waals surface area contributed by atoms with Crippen molar-refractivity contribution in [2.24, 2.45) is 0 Å². The minimum Gasteiger partial charge on any atom is -0.348 e. The topological polar surface area (TPSA) is 58.1 Å². The standard InChI is InChI=1S/C25H22N4O/c1-29(21-15-9-4-10-16-21)24-22(25(30)27-17-19-11-5-2-6-12-19)18-26-23(28-24)20-13-7-3-8-14-20/h2-16,18H,17H2,1H3,(H,27,30). The molecule has 0 saturated carbocycles. The summed E-state index contributed by atoms with van der Waals surface area (Å²) in [7, 11) is 1.90. The number of para-hydroxylation sites is 1. The molecule has 5 nitrogen and oxygen atoms in total. The van der Waals surface area contributed by atoms with Crippen LogP contribution in [-0.4, -0.2) is 22.9 Å². The Kier molecular flexibility index (Phi) is 5.80. The van der Waals surface area contributed by atoms with Gasteiger partial charge in [-0.25, -0.2) is 9.97 Å². The number of rotatable bonds is 6. The lowest BCUT2D eigenvalue weighted by Gasteiger charge is -2.21. The highest BCUT2D eigenvalue weighted by atomic mass is 16.1. The van der Waals surface area contributed by atoms with Gasteiger partial charge >= 0.3 is 0 Å². The Morgan fingerprint density at radius 3 is 2.13 bits per heavy atom. The maximum absolute atomic E-state index is 13.0. The van der Waals surface area contributed by atoms with Crippen molar-refractivity contribution in [1.82, 2.24) is 15.3 Å². The number of nitrogens with zero attached hydrogens (tertiary/aromatic N) is 3. The summed E-state index contributed by atoms with van der Waals surface area (Å²) in [5.41, 5.74) is 3.30. The van der Waals surface area contributed by atoms with Gasteiger partial charge in [0, 0.05) is 31.0 Å². The molecule has 0 radical (unpaired) electrons. The maximum Gasteiger partial charge on any atom is 0.256 e. The molecule has 1 heterocycles. The van der Waals surface area contributed by atoms with Crippen LogP contribution < -0.4 is 10.2 Å². The number of anilines is 2. The van der Waals surface area contributed by atoms with Gasteiger partial charge in [0.25, 0.3) is 5.91 Å². The molecule has 4 rings (SSSR count). The molecule has 0 spiro atoms. The second kappa shape index (κ2) is 9.01. The molecule has 0 unspecified atom stereocenters. The molecule has 5 heteroatoms. The number of hydrogen-bond donors (Lipinski definition) is 1. The van der Waals surface area contributed by atoms with Crippen molar-refractivity contribution in [3.63, 3.8) is 0 Å². The Morgan fingerprint density at radius 1 is 0.867 bits per heavy atom. The number of amides is 1. The first-order chi connectivity index (χ1) is 14.7. The Morgan fingerprint density at radius 2 is 1.47 bits per heavy atom. The molecule has 0 saturated heterocycles. The van der Waals surface area contributed by atoms with Gasteiger partial charge in [-0.3, -0.25) is 4.79 Å². The number of hydrogen-bond acceptors (Lipinski definition) is 4. The van der Waals surface area contributed by atoms with Crippen LogP contribution in [0.5, 0.6) is 0 Å². The van der Waals surface area contributed by atoms with Crippen molar-refractivity contribution < 1.29 is 4.79 Å². The van der Waals surface area contributed by atoms with Crippen molar-refractivity contribution >= 4 is 17.4 Å². The molecule has 0 atom stereocenters. The Bertz CT molecular complexity index is 1120. The van der Waals surface area contributed by atoms with Gasteiger partial charge in [0.05, 0.1) is 0 Å². The van der Waals surface area contributed by atoms with Crippen LogP contribution >= 0.6 is 0 Å². The second-order valence-corrected chi connectivity index (χ2v) is 6.86. The lowest BCUT2D eigenvalue weighted by molar-refractivity contribution is 0.0951. The Labute approximate surface area is 176 Å². The van der Waals surface area contributed by atoms with Gasteiger partial charge in [0.1, 0.15) is 11.4 Å². The third-order valence-corrected chi connectivity index (χ3v) is 4.80. The molecule has 3 aromatic carbocycles. The molecule has 1 amide bonds. The smallest absolute Gasteiger partial charge is 0.256 e. The molecule has 148 valence electrons. The zero-order chi connectivity index (χ0) is 20.8. The van der Waals surface area contributed by atoms with Crippen LogP contribution in [0.2, 0.25) is 0 Å². The van der Waals surface area contributed by atoms with E-state index in [2.05, 4.69) is 10.3 Å². The van der Waals surface area contributed by atoms with Crippen LogP contribution in [0.3, 0.4) is 0 Å². The zero-order valence-corrected chi connectivity index (χ0v) is 16.7. The summed E-state index contributed by atoms with van der Waals surface area (Å²) in [6.07, 6.45) is 1.60. The minimum absolute atomic E-state index is 0.212. The summed E-state index contributed by atoms with van der Waals surface area (Å²) in [6, 6.07) is 29.4. The molecule has 0 fully saturated rings. The average molecular weight is 394 g/mol. The highest BCUT2D eigenvalue weighted by Crippen LogP contribution is 2.27. The van der Waals surface area contributed by atoms with Crippen LogP contribution in [0.1, 0.15) is 15.9 Å². The normalized spacial score (nSPS) is 10.4. The third kappa shape index (κ3) is 4.36. The fourth-order valence-corrected chi connectivity index (χ4v) is 3.16. The number of benzene rings is 3. The quantitative estimate of drug-likeness (QED) is 0.508. The molecule has 0 aliphatic rings. The largest absolute Gasteiger partial charge is 0.348 e. The fraction of sp³-hybridized carbons (Fsp3) is 0.0800. The van der Waals surface area contributed by atoms with Gasteiger partial charge in [-0.1, -0.05) is 78.9 Å². The van der Waals surface area contributed by atoms with Crippen molar-refractivity contribution in [2.75, 3.05) is 11.9 Å². The van der Waals surface area contributed by atoms with E-state index in [4.69, 9.17) is 4.98 Å². The van der Waals surface area contributed by atoms with Crippen molar-refractivity contribution in [3.05, 3.63) is 108 Å². The van der Waals surface area contributed by atoms with Crippen molar-refractivity contribution in [2.45, 2.75) is 6.54 Å². The van der Waals surface area contributed by atoms with E-state index in [1.54, 1.807) is 6.20 Å². The number of carbonyl (C=O) groups is 1. The minimum atomic E-state index is -0.212. The van der Waals surface area contributed by atoms with Gasteiger partial charge in [0.2, 0.25) is 0 Å². The van der Waals surface area contributed by atoms with E-state index in [0.29, 0.717) is 23.8 Å². The van der Waals surface area contributed by atoms with Crippen LogP contribution in [0.15, 0.2) is 97.2 Å². The first kappa shape index (κ1) is 19.3. The summed E-state index contributed by atoms with van der Waals surface area (Å²) < 4.78 is 0. The molecule has 0 bridgehead atoms. The van der Waals surface area contributed by atoms with Gasteiger partial charge < -0.3 is 10.2 Å². The van der Waals surface area contributed by atoms with Crippen LogP contribution in [0.25, 0.3) is 11.4 Å². The molecule has 30 heavy (non-hydrogen) atoms. The van der Waals surface area contributed by atoms with Gasteiger partial charge in [-0.05, 0) is 17.7 Å². The number of aromatic nitrogens is 2. The summed E-state index contributed by atoms with van der Waals surface area (Å²) in [5.74, 6) is 0.921. The molecule has 1 aromatic heterocycles. The summed E-state index contributed by atoms with van der Waals surface area (Å²) in [6.45, 7) is 0.439. The molecular formula is C25H22N4O. The number of nitrogens with one attached hydrogen (secondary N) is 1. The average Bonchev–Trinajstić information content (AvgIpc) is 2.83.